The zero-order chi connectivity index (χ0) is 16.4. The number of hydrogen-bond acceptors (Lipinski definition) is 3. The Morgan fingerprint density at radius 2 is 2.17 bits per heavy atom. The molecule has 2 N–H and O–H groups in total. The van der Waals surface area contributed by atoms with Gasteiger partial charge in [0.05, 0.1) is 12.7 Å². The number of carbonyl (C=O) groups excluding carboxylic acids is 1. The number of rotatable bonds is 5. The quantitative estimate of drug-likeness (QED) is 0.918. The topological polar surface area (TPSA) is 64.2 Å². The Hall–Kier alpha value is -2.21. The predicted molar refractivity (Wildman–Crippen MR) is 85.0 cm³/mol. The highest BCUT2D eigenvalue weighted by Gasteiger charge is 2.35. The van der Waals surface area contributed by atoms with Crippen LogP contribution in [0.2, 0.25) is 0 Å². The SMILES string of the molecule is Cc1cnn(C[C@H]2CCCN2[C@@H](C(N)=O)c2ccc(F)cc2)c1. The van der Waals surface area contributed by atoms with Crippen LogP contribution in [-0.4, -0.2) is 33.2 Å². The Morgan fingerprint density at radius 3 is 2.78 bits per heavy atom. The predicted octanol–water partition coefficient (Wildman–Crippen LogP) is 2.02. The first kappa shape index (κ1) is 15.7. The molecule has 1 aliphatic rings. The Labute approximate surface area is 134 Å². The van der Waals surface area contributed by atoms with E-state index in [0.717, 1.165) is 37.1 Å². The van der Waals surface area contributed by atoms with E-state index in [0.29, 0.717) is 0 Å². The summed E-state index contributed by atoms with van der Waals surface area (Å²) in [5.74, 6) is -0.720. The molecule has 0 saturated carbocycles. The number of nitrogens with two attached hydrogens (primary N) is 1. The van der Waals surface area contributed by atoms with Crippen LogP contribution in [0.1, 0.15) is 30.0 Å². The summed E-state index contributed by atoms with van der Waals surface area (Å²) in [4.78, 5) is 14.2. The molecular weight excluding hydrogens is 295 g/mol. The standard InChI is InChI=1S/C17H21FN4O/c1-12-9-20-21(10-12)11-15-3-2-8-22(15)16(17(19)23)13-4-6-14(18)7-5-13/h4-7,9-10,15-16H,2-3,8,11H2,1H3,(H2,19,23)/t15-,16-/m1/s1. The normalized spacial score (nSPS) is 19.8. The lowest BCUT2D eigenvalue weighted by atomic mass is 10.0. The average molecular weight is 316 g/mol. The smallest absolute Gasteiger partial charge is 0.239 e. The molecule has 1 aliphatic heterocycles. The van der Waals surface area contributed by atoms with Crippen LogP contribution in [0.15, 0.2) is 36.7 Å². The molecule has 3 rings (SSSR count). The van der Waals surface area contributed by atoms with Crippen molar-refractivity contribution in [2.24, 2.45) is 5.73 Å². The van der Waals surface area contributed by atoms with E-state index in [1.165, 1.54) is 12.1 Å². The number of amides is 1. The molecule has 5 nitrogen and oxygen atoms in total. The number of aromatic nitrogens is 2. The molecule has 2 atom stereocenters. The second-order valence-corrected chi connectivity index (χ2v) is 6.13. The first-order valence-corrected chi connectivity index (χ1v) is 7.84. The molecule has 2 heterocycles. The van der Waals surface area contributed by atoms with Gasteiger partial charge in [0.15, 0.2) is 0 Å². The Morgan fingerprint density at radius 1 is 1.43 bits per heavy atom. The average Bonchev–Trinajstić information content (AvgIpc) is 3.11. The van der Waals surface area contributed by atoms with Crippen molar-refractivity contribution in [3.63, 3.8) is 0 Å². The van der Waals surface area contributed by atoms with Crippen molar-refractivity contribution in [3.8, 4) is 0 Å². The summed E-state index contributed by atoms with van der Waals surface area (Å²) in [7, 11) is 0. The molecule has 1 amide bonds. The van der Waals surface area contributed by atoms with Crippen molar-refractivity contribution < 1.29 is 9.18 Å². The van der Waals surface area contributed by atoms with E-state index in [2.05, 4.69) is 10.00 Å². The highest BCUT2D eigenvalue weighted by atomic mass is 19.1. The van der Waals surface area contributed by atoms with Crippen molar-refractivity contribution in [3.05, 3.63) is 53.6 Å². The van der Waals surface area contributed by atoms with Crippen LogP contribution in [0.3, 0.4) is 0 Å². The van der Waals surface area contributed by atoms with E-state index >= 15 is 0 Å². The molecule has 0 radical (unpaired) electrons. The summed E-state index contributed by atoms with van der Waals surface area (Å²) in [6.45, 7) is 3.52. The number of likely N-dealkylation sites (tertiary alicyclic amines) is 1. The second-order valence-electron chi connectivity index (χ2n) is 6.13. The summed E-state index contributed by atoms with van der Waals surface area (Å²) < 4.78 is 15.1. The number of primary amides is 1. The van der Waals surface area contributed by atoms with Crippen molar-refractivity contribution >= 4 is 5.91 Å². The molecule has 0 unspecified atom stereocenters. The maximum Gasteiger partial charge on any atom is 0.239 e. The van der Waals surface area contributed by atoms with E-state index in [1.807, 2.05) is 24.0 Å². The van der Waals surface area contributed by atoms with E-state index in [-0.39, 0.29) is 11.9 Å². The van der Waals surface area contributed by atoms with Gasteiger partial charge in [0.1, 0.15) is 11.9 Å². The number of benzene rings is 1. The first-order chi connectivity index (χ1) is 11.0. The van der Waals surface area contributed by atoms with Crippen LogP contribution in [-0.2, 0) is 11.3 Å². The molecule has 0 bridgehead atoms. The third kappa shape index (κ3) is 3.42. The molecule has 0 spiro atoms. The van der Waals surface area contributed by atoms with Crippen LogP contribution in [0, 0.1) is 12.7 Å². The zero-order valence-corrected chi connectivity index (χ0v) is 13.2. The number of halogens is 1. The van der Waals surface area contributed by atoms with Gasteiger partial charge >= 0.3 is 0 Å². The van der Waals surface area contributed by atoms with E-state index in [4.69, 9.17) is 5.73 Å². The molecule has 2 aromatic rings. The monoisotopic (exact) mass is 316 g/mol. The number of hydrogen-bond donors (Lipinski definition) is 1. The molecule has 23 heavy (non-hydrogen) atoms. The van der Waals surface area contributed by atoms with E-state index in [9.17, 15) is 9.18 Å². The number of nitrogens with zero attached hydrogens (tertiary/aromatic N) is 3. The van der Waals surface area contributed by atoms with Crippen LogP contribution in [0.5, 0.6) is 0 Å². The van der Waals surface area contributed by atoms with Gasteiger partial charge in [-0.25, -0.2) is 4.39 Å². The lowest BCUT2D eigenvalue weighted by Gasteiger charge is -2.31. The number of aryl methyl sites for hydroxylation is 1. The van der Waals surface area contributed by atoms with Crippen LogP contribution in [0.4, 0.5) is 4.39 Å². The lowest BCUT2D eigenvalue weighted by Crippen LogP contribution is -2.42. The summed E-state index contributed by atoms with van der Waals surface area (Å²) in [5, 5.41) is 4.33. The maximum absolute atomic E-state index is 13.2. The van der Waals surface area contributed by atoms with Crippen LogP contribution < -0.4 is 5.73 Å². The molecule has 1 fully saturated rings. The second kappa shape index (κ2) is 6.50. The molecule has 122 valence electrons. The minimum Gasteiger partial charge on any atom is -0.368 e. The molecular formula is C17H21FN4O. The van der Waals surface area contributed by atoms with Crippen molar-refractivity contribution in [1.82, 2.24) is 14.7 Å². The van der Waals surface area contributed by atoms with Crippen molar-refractivity contribution in [2.75, 3.05) is 6.54 Å². The van der Waals surface area contributed by atoms with E-state index in [1.54, 1.807) is 12.1 Å². The third-order valence-corrected chi connectivity index (χ3v) is 4.37. The fourth-order valence-electron chi connectivity index (χ4n) is 3.34. The van der Waals surface area contributed by atoms with Crippen molar-refractivity contribution in [1.29, 1.82) is 0 Å². The van der Waals surface area contributed by atoms with Gasteiger partial charge in [0.25, 0.3) is 0 Å². The molecule has 1 saturated heterocycles. The molecule has 1 aromatic carbocycles. The Bertz CT molecular complexity index is 682. The van der Waals surface area contributed by atoms with Gasteiger partial charge in [-0.05, 0) is 49.6 Å². The molecule has 1 aromatic heterocycles. The summed E-state index contributed by atoms with van der Waals surface area (Å²) in [6.07, 6.45) is 5.82. The van der Waals surface area contributed by atoms with Crippen LogP contribution in [0.25, 0.3) is 0 Å². The Kier molecular flexibility index (Phi) is 4.43. The van der Waals surface area contributed by atoms with Gasteiger partial charge in [-0.3, -0.25) is 14.4 Å². The summed E-state index contributed by atoms with van der Waals surface area (Å²) in [6, 6.07) is 5.67. The highest BCUT2D eigenvalue weighted by molar-refractivity contribution is 5.81. The first-order valence-electron chi connectivity index (χ1n) is 7.84. The minimum atomic E-state index is -0.528. The van der Waals surface area contributed by atoms with Gasteiger partial charge in [-0.1, -0.05) is 12.1 Å². The fraction of sp³-hybridized carbons (Fsp3) is 0.412. The lowest BCUT2D eigenvalue weighted by molar-refractivity contribution is -0.124. The van der Waals surface area contributed by atoms with Crippen LogP contribution >= 0.6 is 0 Å². The number of carbonyl (C=O) groups is 1. The van der Waals surface area contributed by atoms with Gasteiger partial charge in [-0.15, -0.1) is 0 Å². The maximum atomic E-state index is 13.2. The minimum absolute atomic E-state index is 0.192. The largest absolute Gasteiger partial charge is 0.368 e. The van der Waals surface area contributed by atoms with Gasteiger partial charge in [0.2, 0.25) is 5.91 Å². The molecule has 0 aliphatic carbocycles. The van der Waals surface area contributed by atoms with E-state index < -0.39 is 11.9 Å². The Balaban J connectivity index is 1.83. The third-order valence-electron chi connectivity index (χ3n) is 4.37. The van der Waals surface area contributed by atoms with Gasteiger partial charge in [0, 0.05) is 12.2 Å². The van der Waals surface area contributed by atoms with Crippen molar-refractivity contribution in [2.45, 2.75) is 38.4 Å². The zero-order valence-electron chi connectivity index (χ0n) is 13.2. The highest BCUT2D eigenvalue weighted by Crippen LogP contribution is 2.30. The molecule has 6 heteroatoms. The fourth-order valence-corrected chi connectivity index (χ4v) is 3.34. The summed E-state index contributed by atoms with van der Waals surface area (Å²) >= 11 is 0. The van der Waals surface area contributed by atoms with Gasteiger partial charge < -0.3 is 5.73 Å². The summed E-state index contributed by atoms with van der Waals surface area (Å²) in [5.41, 5.74) is 7.50. The van der Waals surface area contributed by atoms with Gasteiger partial charge in [-0.2, -0.15) is 5.10 Å².